The Morgan fingerprint density at radius 3 is 2.62 bits per heavy atom. The summed E-state index contributed by atoms with van der Waals surface area (Å²) >= 11 is 5.84. The van der Waals surface area contributed by atoms with E-state index in [1.165, 1.54) is 4.90 Å². The number of carbonyl (C=O) groups excluding carboxylic acids is 2. The molecule has 3 rings (SSSR count). The van der Waals surface area contributed by atoms with Crippen LogP contribution in [0.2, 0.25) is 5.02 Å². The summed E-state index contributed by atoms with van der Waals surface area (Å²) < 4.78 is 5.12. The van der Waals surface area contributed by atoms with Gasteiger partial charge in [-0.15, -0.1) is 0 Å². The minimum Gasteiger partial charge on any atom is -0.479 e. The highest BCUT2D eigenvalue weighted by molar-refractivity contribution is 6.30. The number of carboxylic acids is 1. The summed E-state index contributed by atoms with van der Waals surface area (Å²) in [5, 5.41) is 12.5. The number of benzene rings is 1. The topological polar surface area (TPSA) is 95.9 Å². The Hall–Kier alpha value is -2.12. The van der Waals surface area contributed by atoms with Gasteiger partial charge in [0.1, 0.15) is 0 Å². The molecule has 0 spiro atoms. The summed E-state index contributed by atoms with van der Waals surface area (Å²) in [5.74, 6) is -2.32. The summed E-state index contributed by atoms with van der Waals surface area (Å²) in [7, 11) is 0. The number of carboxylic acid groups (broad SMARTS) is 1. The molecule has 2 unspecified atom stereocenters. The van der Waals surface area contributed by atoms with E-state index in [0.717, 1.165) is 0 Å². The average molecular weight is 353 g/mol. The first-order chi connectivity index (χ1) is 11.4. The zero-order valence-electron chi connectivity index (χ0n) is 12.8. The van der Waals surface area contributed by atoms with Crippen LogP contribution in [0, 0.1) is 5.92 Å². The maximum absolute atomic E-state index is 12.5. The zero-order chi connectivity index (χ0) is 17.3. The molecule has 2 heterocycles. The van der Waals surface area contributed by atoms with Gasteiger partial charge in [-0.05, 0) is 24.3 Å². The zero-order valence-corrected chi connectivity index (χ0v) is 13.6. The van der Waals surface area contributed by atoms with E-state index in [9.17, 15) is 19.5 Å². The Bertz CT molecular complexity index is 670. The van der Waals surface area contributed by atoms with Crippen molar-refractivity contribution < 1.29 is 24.2 Å². The van der Waals surface area contributed by atoms with Crippen molar-refractivity contribution in [1.29, 1.82) is 0 Å². The van der Waals surface area contributed by atoms with Gasteiger partial charge in [-0.2, -0.15) is 0 Å². The van der Waals surface area contributed by atoms with E-state index in [1.54, 1.807) is 24.3 Å². The van der Waals surface area contributed by atoms with Crippen LogP contribution in [0.4, 0.5) is 5.69 Å². The third-order valence-electron chi connectivity index (χ3n) is 4.43. The van der Waals surface area contributed by atoms with Gasteiger partial charge in [-0.25, -0.2) is 4.79 Å². The van der Waals surface area contributed by atoms with E-state index >= 15 is 0 Å². The van der Waals surface area contributed by atoms with Crippen LogP contribution in [-0.4, -0.2) is 48.2 Å². The number of halogens is 1. The van der Waals surface area contributed by atoms with Crippen molar-refractivity contribution in [3.8, 4) is 0 Å². The molecule has 2 aliphatic rings. The van der Waals surface area contributed by atoms with Crippen molar-refractivity contribution >= 4 is 35.1 Å². The Morgan fingerprint density at radius 1 is 1.33 bits per heavy atom. The Labute approximate surface area is 143 Å². The van der Waals surface area contributed by atoms with Gasteiger partial charge in [0.05, 0.1) is 12.5 Å². The molecule has 1 aromatic carbocycles. The van der Waals surface area contributed by atoms with E-state index < -0.39 is 23.3 Å². The summed E-state index contributed by atoms with van der Waals surface area (Å²) in [5.41, 5.74) is -0.731. The van der Waals surface area contributed by atoms with Gasteiger partial charge in [0, 0.05) is 36.7 Å². The fraction of sp³-hybridized carbons (Fsp3) is 0.438. The van der Waals surface area contributed by atoms with Crippen LogP contribution in [0.25, 0.3) is 0 Å². The molecule has 2 fully saturated rings. The number of anilines is 1. The van der Waals surface area contributed by atoms with Gasteiger partial charge in [0.25, 0.3) is 0 Å². The van der Waals surface area contributed by atoms with Crippen LogP contribution < -0.4 is 10.2 Å². The Balaban J connectivity index is 1.70. The number of nitrogens with one attached hydrogen (secondary N) is 1. The number of nitrogens with zero attached hydrogens (tertiary/aromatic N) is 1. The molecular formula is C16H17ClN2O5. The summed E-state index contributed by atoms with van der Waals surface area (Å²) in [6, 6.07) is 6.77. The van der Waals surface area contributed by atoms with Crippen molar-refractivity contribution in [3.63, 3.8) is 0 Å². The van der Waals surface area contributed by atoms with Crippen molar-refractivity contribution in [2.24, 2.45) is 5.92 Å². The SMILES string of the molecule is O=C(NC1(C(=O)O)CCOC1)C1CC(=O)N(c2ccc(Cl)cc2)C1. The lowest BCUT2D eigenvalue weighted by Crippen LogP contribution is -2.56. The lowest BCUT2D eigenvalue weighted by Gasteiger charge is -2.25. The fourth-order valence-electron chi connectivity index (χ4n) is 2.98. The Kier molecular flexibility index (Phi) is 4.47. The highest BCUT2D eigenvalue weighted by atomic mass is 35.5. The number of hydrogen-bond donors (Lipinski definition) is 2. The molecule has 0 radical (unpaired) electrons. The second kappa shape index (κ2) is 6.41. The van der Waals surface area contributed by atoms with Crippen molar-refractivity contribution in [1.82, 2.24) is 5.32 Å². The summed E-state index contributed by atoms with van der Waals surface area (Å²) in [4.78, 5) is 37.6. The second-order valence-corrected chi connectivity index (χ2v) is 6.50. The van der Waals surface area contributed by atoms with Gasteiger partial charge in [-0.3, -0.25) is 9.59 Å². The normalized spacial score (nSPS) is 26.6. The molecule has 0 saturated carbocycles. The van der Waals surface area contributed by atoms with E-state index in [-0.39, 0.29) is 38.5 Å². The van der Waals surface area contributed by atoms with E-state index in [1.807, 2.05) is 0 Å². The standard InChI is InChI=1S/C16H17ClN2O5/c17-11-1-3-12(4-2-11)19-8-10(7-13(19)20)14(21)18-16(15(22)23)5-6-24-9-16/h1-4,10H,5-9H2,(H,18,21)(H,22,23). The molecule has 1 aromatic rings. The lowest BCUT2D eigenvalue weighted by atomic mass is 9.97. The first kappa shape index (κ1) is 16.7. The van der Waals surface area contributed by atoms with Gasteiger partial charge in [0.2, 0.25) is 11.8 Å². The molecule has 2 saturated heterocycles. The molecule has 128 valence electrons. The first-order valence-corrected chi connectivity index (χ1v) is 7.98. The first-order valence-electron chi connectivity index (χ1n) is 7.60. The number of hydrogen-bond acceptors (Lipinski definition) is 4. The minimum atomic E-state index is -1.40. The minimum absolute atomic E-state index is 0.0466. The Morgan fingerprint density at radius 2 is 2.04 bits per heavy atom. The molecule has 7 nitrogen and oxygen atoms in total. The van der Waals surface area contributed by atoms with Gasteiger partial charge in [0.15, 0.2) is 5.54 Å². The molecule has 0 aromatic heterocycles. The predicted octanol–water partition coefficient (Wildman–Crippen LogP) is 1.05. The molecular weight excluding hydrogens is 336 g/mol. The highest BCUT2D eigenvalue weighted by Gasteiger charge is 2.46. The van der Waals surface area contributed by atoms with E-state index in [4.69, 9.17) is 16.3 Å². The maximum Gasteiger partial charge on any atom is 0.331 e. The third-order valence-corrected chi connectivity index (χ3v) is 4.68. The van der Waals surface area contributed by atoms with Crippen LogP contribution >= 0.6 is 11.6 Å². The summed E-state index contributed by atoms with van der Waals surface area (Å²) in [6.45, 7) is 0.436. The van der Waals surface area contributed by atoms with Gasteiger partial charge in [-0.1, -0.05) is 11.6 Å². The smallest absolute Gasteiger partial charge is 0.331 e. The second-order valence-electron chi connectivity index (χ2n) is 6.06. The molecule has 2 N–H and O–H groups in total. The molecule has 0 bridgehead atoms. The van der Waals surface area contributed by atoms with E-state index in [2.05, 4.69) is 5.32 Å². The van der Waals surface area contributed by atoms with Gasteiger partial charge < -0.3 is 20.1 Å². The van der Waals surface area contributed by atoms with Gasteiger partial charge >= 0.3 is 5.97 Å². The molecule has 24 heavy (non-hydrogen) atoms. The summed E-state index contributed by atoms with van der Waals surface area (Å²) in [6.07, 6.45) is 0.265. The number of ether oxygens (including phenoxy) is 1. The number of rotatable bonds is 4. The molecule has 2 atom stereocenters. The highest BCUT2D eigenvalue weighted by Crippen LogP contribution is 2.27. The van der Waals surface area contributed by atoms with Crippen molar-refractivity contribution in [3.05, 3.63) is 29.3 Å². The van der Waals surface area contributed by atoms with E-state index in [0.29, 0.717) is 10.7 Å². The van der Waals surface area contributed by atoms with Crippen molar-refractivity contribution in [2.45, 2.75) is 18.4 Å². The number of aliphatic carboxylic acids is 1. The van der Waals surface area contributed by atoms with Crippen LogP contribution in [0.3, 0.4) is 0 Å². The predicted molar refractivity (Wildman–Crippen MR) is 85.9 cm³/mol. The fourth-order valence-corrected chi connectivity index (χ4v) is 3.10. The third kappa shape index (κ3) is 3.09. The number of carbonyl (C=O) groups is 3. The quantitative estimate of drug-likeness (QED) is 0.844. The average Bonchev–Trinajstić information content (AvgIpc) is 3.16. The van der Waals surface area contributed by atoms with Crippen molar-refractivity contribution in [2.75, 3.05) is 24.7 Å². The van der Waals surface area contributed by atoms with Crippen LogP contribution in [-0.2, 0) is 19.1 Å². The van der Waals surface area contributed by atoms with Crippen LogP contribution in [0.5, 0.6) is 0 Å². The number of amides is 2. The molecule has 0 aliphatic carbocycles. The van der Waals surface area contributed by atoms with Crippen LogP contribution in [0.1, 0.15) is 12.8 Å². The lowest BCUT2D eigenvalue weighted by molar-refractivity contribution is -0.148. The molecule has 2 amide bonds. The monoisotopic (exact) mass is 352 g/mol. The van der Waals surface area contributed by atoms with Crippen LogP contribution in [0.15, 0.2) is 24.3 Å². The molecule has 8 heteroatoms. The maximum atomic E-state index is 12.5. The largest absolute Gasteiger partial charge is 0.479 e. The molecule has 2 aliphatic heterocycles.